The molecule has 3 rings (SSSR count). The Balaban J connectivity index is 1.71. The number of methoxy groups -OCH3 is 1. The fraction of sp³-hybridized carbons (Fsp3) is 0.409. The lowest BCUT2D eigenvalue weighted by Gasteiger charge is -2.26. The highest BCUT2D eigenvalue weighted by molar-refractivity contribution is 5.58. The molecule has 1 heterocycles. The van der Waals surface area contributed by atoms with E-state index in [1.54, 1.807) is 7.11 Å². The number of aliphatic hydroxyl groups is 1. The maximum atomic E-state index is 10.9. The third kappa shape index (κ3) is 5.01. The summed E-state index contributed by atoms with van der Waals surface area (Å²) in [5.74, 6) is 1.22. The topological polar surface area (TPSA) is 53.0 Å². The van der Waals surface area contributed by atoms with Crippen molar-refractivity contribution in [1.29, 1.82) is 0 Å². The van der Waals surface area contributed by atoms with Gasteiger partial charge in [0, 0.05) is 56.5 Å². The number of benzene rings is 2. The molecule has 2 aromatic carbocycles. The molecule has 5 heteroatoms. The largest absolute Gasteiger partial charge is 0.497 e. The van der Waals surface area contributed by atoms with E-state index >= 15 is 0 Å². The number of hydrogen-bond donors (Lipinski definition) is 1. The molecule has 1 aliphatic heterocycles. The summed E-state index contributed by atoms with van der Waals surface area (Å²) in [6, 6.07) is 16.5. The molecule has 5 nitrogen and oxygen atoms in total. The SMILES string of the molecule is COc1ccc(CN(CCC=O)c2ccc(N3CCC(CO)C3)cc2)cc1. The molecular formula is C22H28N2O3. The predicted molar refractivity (Wildman–Crippen MR) is 109 cm³/mol. The Labute approximate surface area is 161 Å². The van der Waals surface area contributed by atoms with Crippen LogP contribution in [0.25, 0.3) is 0 Å². The fourth-order valence-corrected chi connectivity index (χ4v) is 3.55. The lowest BCUT2D eigenvalue weighted by atomic mass is 10.1. The van der Waals surface area contributed by atoms with Crippen LogP contribution >= 0.6 is 0 Å². The molecule has 0 radical (unpaired) electrons. The van der Waals surface area contributed by atoms with Crippen LogP contribution in [0.1, 0.15) is 18.4 Å². The average molecular weight is 368 g/mol. The van der Waals surface area contributed by atoms with Crippen molar-refractivity contribution in [3.8, 4) is 5.75 Å². The number of rotatable bonds is 9. The summed E-state index contributed by atoms with van der Waals surface area (Å²) >= 11 is 0. The van der Waals surface area contributed by atoms with Crippen LogP contribution < -0.4 is 14.5 Å². The van der Waals surface area contributed by atoms with Gasteiger partial charge in [0.2, 0.25) is 0 Å². The third-order valence-corrected chi connectivity index (χ3v) is 5.17. The molecule has 0 spiro atoms. The Morgan fingerprint density at radius 2 is 1.93 bits per heavy atom. The first kappa shape index (κ1) is 19.2. The predicted octanol–water partition coefficient (Wildman–Crippen LogP) is 3.11. The van der Waals surface area contributed by atoms with Crippen molar-refractivity contribution in [2.75, 3.05) is 43.2 Å². The van der Waals surface area contributed by atoms with Gasteiger partial charge in [-0.05, 0) is 48.4 Å². The first-order chi connectivity index (χ1) is 13.2. The summed E-state index contributed by atoms with van der Waals surface area (Å²) < 4.78 is 5.22. The van der Waals surface area contributed by atoms with Crippen molar-refractivity contribution >= 4 is 17.7 Å². The van der Waals surface area contributed by atoms with E-state index in [0.29, 0.717) is 18.9 Å². The number of aliphatic hydroxyl groups excluding tert-OH is 1. The van der Waals surface area contributed by atoms with Crippen molar-refractivity contribution in [1.82, 2.24) is 0 Å². The molecule has 1 fully saturated rings. The Hall–Kier alpha value is -2.53. The van der Waals surface area contributed by atoms with Crippen LogP contribution in [0.4, 0.5) is 11.4 Å². The molecular weight excluding hydrogens is 340 g/mol. The standard InChI is InChI=1S/C22H28N2O3/c1-27-22-9-3-18(4-10-22)15-23(12-2-14-25)20-5-7-21(8-6-20)24-13-11-19(16-24)17-26/h3-10,14,19,26H,2,11-13,15-17H2,1H3. The van der Waals surface area contributed by atoms with Crippen LogP contribution in [0.3, 0.4) is 0 Å². The van der Waals surface area contributed by atoms with Crippen LogP contribution in [-0.2, 0) is 11.3 Å². The van der Waals surface area contributed by atoms with Gasteiger partial charge in [-0.25, -0.2) is 0 Å². The van der Waals surface area contributed by atoms with E-state index in [-0.39, 0.29) is 6.61 Å². The molecule has 1 N–H and O–H groups in total. The van der Waals surface area contributed by atoms with Gasteiger partial charge in [-0.2, -0.15) is 0 Å². The van der Waals surface area contributed by atoms with Gasteiger partial charge in [0.1, 0.15) is 12.0 Å². The molecule has 1 unspecified atom stereocenters. The van der Waals surface area contributed by atoms with Crippen molar-refractivity contribution < 1.29 is 14.6 Å². The zero-order valence-corrected chi connectivity index (χ0v) is 15.9. The van der Waals surface area contributed by atoms with E-state index in [0.717, 1.165) is 43.8 Å². The smallest absolute Gasteiger partial charge is 0.121 e. The quantitative estimate of drug-likeness (QED) is 0.689. The number of hydrogen-bond acceptors (Lipinski definition) is 5. The second-order valence-electron chi connectivity index (χ2n) is 7.02. The average Bonchev–Trinajstić information content (AvgIpc) is 3.21. The van der Waals surface area contributed by atoms with Crippen LogP contribution in [0, 0.1) is 5.92 Å². The number of aldehydes is 1. The molecule has 27 heavy (non-hydrogen) atoms. The molecule has 1 atom stereocenters. The molecule has 0 saturated carbocycles. The van der Waals surface area contributed by atoms with Crippen molar-refractivity contribution in [2.45, 2.75) is 19.4 Å². The van der Waals surface area contributed by atoms with Gasteiger partial charge in [0.15, 0.2) is 0 Å². The van der Waals surface area contributed by atoms with Crippen LogP contribution in [-0.4, -0.2) is 44.7 Å². The van der Waals surface area contributed by atoms with Crippen LogP contribution in [0.15, 0.2) is 48.5 Å². The van der Waals surface area contributed by atoms with E-state index in [4.69, 9.17) is 4.74 Å². The molecule has 0 aromatic heterocycles. The molecule has 144 valence electrons. The van der Waals surface area contributed by atoms with Gasteiger partial charge < -0.3 is 24.4 Å². The number of anilines is 2. The van der Waals surface area contributed by atoms with Gasteiger partial charge in [-0.3, -0.25) is 0 Å². The van der Waals surface area contributed by atoms with E-state index in [1.807, 2.05) is 12.1 Å². The second kappa shape index (κ2) is 9.42. The second-order valence-corrected chi connectivity index (χ2v) is 7.02. The minimum atomic E-state index is 0.260. The van der Waals surface area contributed by atoms with Gasteiger partial charge in [-0.1, -0.05) is 12.1 Å². The number of ether oxygens (including phenoxy) is 1. The van der Waals surface area contributed by atoms with Gasteiger partial charge in [0.05, 0.1) is 7.11 Å². The van der Waals surface area contributed by atoms with Crippen LogP contribution in [0.2, 0.25) is 0 Å². The Bertz CT molecular complexity index is 715. The summed E-state index contributed by atoms with van der Waals surface area (Å²) in [5.41, 5.74) is 3.47. The highest BCUT2D eigenvalue weighted by Gasteiger charge is 2.22. The van der Waals surface area contributed by atoms with Crippen LogP contribution in [0.5, 0.6) is 5.75 Å². The lowest BCUT2D eigenvalue weighted by molar-refractivity contribution is -0.107. The maximum Gasteiger partial charge on any atom is 0.121 e. The summed E-state index contributed by atoms with van der Waals surface area (Å²) in [6.07, 6.45) is 2.51. The van der Waals surface area contributed by atoms with Crippen molar-refractivity contribution in [3.05, 3.63) is 54.1 Å². The van der Waals surface area contributed by atoms with Gasteiger partial charge in [0.25, 0.3) is 0 Å². The molecule has 0 amide bonds. The van der Waals surface area contributed by atoms with E-state index in [2.05, 4.69) is 46.2 Å². The van der Waals surface area contributed by atoms with Crippen molar-refractivity contribution in [2.24, 2.45) is 5.92 Å². The normalized spacial score (nSPS) is 16.4. The van der Waals surface area contributed by atoms with E-state index in [1.165, 1.54) is 11.3 Å². The van der Waals surface area contributed by atoms with Gasteiger partial charge in [-0.15, -0.1) is 0 Å². The molecule has 2 aromatic rings. The number of carbonyl (C=O) groups is 1. The summed E-state index contributed by atoms with van der Waals surface area (Å²) in [4.78, 5) is 15.4. The van der Waals surface area contributed by atoms with Gasteiger partial charge >= 0.3 is 0 Å². The zero-order chi connectivity index (χ0) is 19.1. The Morgan fingerprint density at radius 1 is 1.19 bits per heavy atom. The molecule has 0 bridgehead atoms. The Kier molecular flexibility index (Phi) is 6.71. The highest BCUT2D eigenvalue weighted by Crippen LogP contribution is 2.27. The van der Waals surface area contributed by atoms with E-state index < -0.39 is 0 Å². The minimum Gasteiger partial charge on any atom is -0.497 e. The maximum absolute atomic E-state index is 10.9. The summed E-state index contributed by atoms with van der Waals surface area (Å²) in [7, 11) is 1.66. The van der Waals surface area contributed by atoms with Crippen molar-refractivity contribution in [3.63, 3.8) is 0 Å². The highest BCUT2D eigenvalue weighted by atomic mass is 16.5. The number of carbonyl (C=O) groups excluding carboxylic acids is 1. The number of nitrogens with zero attached hydrogens (tertiary/aromatic N) is 2. The fourth-order valence-electron chi connectivity index (χ4n) is 3.55. The van der Waals surface area contributed by atoms with E-state index in [9.17, 15) is 9.90 Å². The first-order valence-electron chi connectivity index (χ1n) is 9.51. The summed E-state index contributed by atoms with van der Waals surface area (Å²) in [5, 5.41) is 9.33. The monoisotopic (exact) mass is 368 g/mol. The molecule has 1 aliphatic rings. The summed E-state index contributed by atoms with van der Waals surface area (Å²) in [6.45, 7) is 3.59. The molecule has 1 saturated heterocycles. The lowest BCUT2D eigenvalue weighted by Crippen LogP contribution is -2.24. The minimum absolute atomic E-state index is 0.260. The Morgan fingerprint density at radius 3 is 2.52 bits per heavy atom. The molecule has 0 aliphatic carbocycles. The third-order valence-electron chi connectivity index (χ3n) is 5.17. The first-order valence-corrected chi connectivity index (χ1v) is 9.51. The zero-order valence-electron chi connectivity index (χ0n) is 15.9.